The number of rotatable bonds is 7. The normalized spacial score (nSPS) is 11.7. The number of hydrogen-bond donors (Lipinski definition) is 2. The molecule has 218 valence electrons. The van der Waals surface area contributed by atoms with Crippen LogP contribution < -0.4 is 10.6 Å². The van der Waals surface area contributed by atoms with Gasteiger partial charge in [0.1, 0.15) is 0 Å². The summed E-state index contributed by atoms with van der Waals surface area (Å²) < 4.78 is 41.7. The molecule has 4 aromatic rings. The summed E-state index contributed by atoms with van der Waals surface area (Å²) in [5.74, 6) is -2.25. The van der Waals surface area contributed by atoms with Crippen LogP contribution in [0.15, 0.2) is 36.5 Å². The van der Waals surface area contributed by atoms with Crippen LogP contribution in [0.25, 0.3) is 5.82 Å². The fourth-order valence-electron chi connectivity index (χ4n) is 4.02. The number of alkyl halides is 3. The minimum Gasteiger partial charge on any atom is -0.347 e. The SMILES string of the molecule is Cc1cc(C#N)cc(C(=O)NC(C)(C)C)c1NC(=O)Cc1cc(Cn2nnnc2C(F)(F)F)nn1-c1ncccc1Cl. The second-order valence-electron chi connectivity index (χ2n) is 10.3. The molecule has 3 aromatic heterocycles. The summed E-state index contributed by atoms with van der Waals surface area (Å²) in [5.41, 5.74) is 0.737. The molecule has 0 aliphatic heterocycles. The molecule has 42 heavy (non-hydrogen) atoms. The summed E-state index contributed by atoms with van der Waals surface area (Å²) >= 11 is 6.31. The van der Waals surface area contributed by atoms with Gasteiger partial charge in [0.15, 0.2) is 5.82 Å². The largest absolute Gasteiger partial charge is 0.453 e. The van der Waals surface area contributed by atoms with Crippen LogP contribution >= 0.6 is 11.6 Å². The highest BCUT2D eigenvalue weighted by molar-refractivity contribution is 6.32. The van der Waals surface area contributed by atoms with Gasteiger partial charge >= 0.3 is 6.18 Å². The number of nitriles is 1. The zero-order valence-electron chi connectivity index (χ0n) is 22.8. The van der Waals surface area contributed by atoms with Crippen molar-refractivity contribution in [1.82, 2.24) is 40.3 Å². The van der Waals surface area contributed by atoms with Gasteiger partial charge in [-0.2, -0.15) is 23.5 Å². The molecule has 0 radical (unpaired) electrons. The maximum absolute atomic E-state index is 13.3. The van der Waals surface area contributed by atoms with Gasteiger partial charge in [0.05, 0.1) is 52.3 Å². The van der Waals surface area contributed by atoms with Crippen LogP contribution in [0.5, 0.6) is 0 Å². The predicted molar refractivity (Wildman–Crippen MR) is 144 cm³/mol. The molecule has 0 aliphatic carbocycles. The van der Waals surface area contributed by atoms with E-state index in [-0.39, 0.29) is 45.5 Å². The van der Waals surface area contributed by atoms with Crippen LogP contribution in [0, 0.1) is 18.3 Å². The van der Waals surface area contributed by atoms with Crippen LogP contribution in [0.4, 0.5) is 18.9 Å². The van der Waals surface area contributed by atoms with Crippen molar-refractivity contribution in [3.63, 3.8) is 0 Å². The molecule has 0 atom stereocenters. The van der Waals surface area contributed by atoms with Gasteiger partial charge < -0.3 is 10.6 Å². The van der Waals surface area contributed by atoms with E-state index in [1.54, 1.807) is 39.8 Å². The zero-order chi connectivity index (χ0) is 30.8. The number of aromatic nitrogens is 7. The average Bonchev–Trinajstić information content (AvgIpc) is 3.51. The zero-order valence-corrected chi connectivity index (χ0v) is 23.5. The molecule has 4 rings (SSSR count). The van der Waals surface area contributed by atoms with Gasteiger partial charge in [0, 0.05) is 11.7 Å². The smallest absolute Gasteiger partial charge is 0.347 e. The van der Waals surface area contributed by atoms with E-state index < -0.39 is 35.9 Å². The first kappa shape index (κ1) is 30.1. The van der Waals surface area contributed by atoms with E-state index in [0.717, 1.165) is 0 Å². The van der Waals surface area contributed by atoms with Gasteiger partial charge in [0.25, 0.3) is 11.7 Å². The maximum atomic E-state index is 13.3. The highest BCUT2D eigenvalue weighted by atomic mass is 35.5. The third kappa shape index (κ3) is 6.89. The number of halogens is 4. The monoisotopic (exact) mass is 600 g/mol. The lowest BCUT2D eigenvalue weighted by molar-refractivity contribution is -0.147. The van der Waals surface area contributed by atoms with E-state index in [2.05, 4.69) is 36.2 Å². The lowest BCUT2D eigenvalue weighted by Gasteiger charge is -2.22. The standard InChI is InChI=1S/C26H24ClF3N10O2/c1-14-8-15(12-31)9-18(23(42)34-25(2,3)4)21(14)33-20(41)11-17-10-16(13-39-24(26(28,29)30)35-37-38-39)36-40(17)22-19(27)6-5-7-32-22/h5-10H,11,13H2,1-4H3,(H,33,41)(H,34,42). The molecule has 2 N–H and O–H groups in total. The van der Waals surface area contributed by atoms with Crippen LogP contribution in [-0.4, -0.2) is 52.3 Å². The third-order valence-corrected chi connectivity index (χ3v) is 5.97. The number of nitrogens with zero attached hydrogens (tertiary/aromatic N) is 8. The van der Waals surface area contributed by atoms with Gasteiger partial charge in [-0.3, -0.25) is 9.59 Å². The minimum absolute atomic E-state index is 0.0927. The Morgan fingerprint density at radius 2 is 1.90 bits per heavy atom. The first-order chi connectivity index (χ1) is 19.7. The van der Waals surface area contributed by atoms with E-state index in [1.165, 1.54) is 29.1 Å². The molecular weight excluding hydrogens is 577 g/mol. The van der Waals surface area contributed by atoms with Crippen LogP contribution in [-0.2, 0) is 23.9 Å². The number of amides is 2. The predicted octanol–water partition coefficient (Wildman–Crippen LogP) is 3.86. The molecular formula is C26H24ClF3N10O2. The van der Waals surface area contributed by atoms with Crippen molar-refractivity contribution in [2.75, 3.05) is 5.32 Å². The lowest BCUT2D eigenvalue weighted by atomic mass is 10.0. The fourth-order valence-corrected chi connectivity index (χ4v) is 4.22. The van der Waals surface area contributed by atoms with Gasteiger partial charge in [-0.15, -0.1) is 5.10 Å². The summed E-state index contributed by atoms with van der Waals surface area (Å²) in [6.45, 7) is 6.56. The number of benzene rings is 1. The van der Waals surface area contributed by atoms with Crippen LogP contribution in [0.1, 0.15) is 59.5 Å². The maximum Gasteiger partial charge on any atom is 0.453 e. The van der Waals surface area contributed by atoms with E-state index in [9.17, 15) is 28.0 Å². The van der Waals surface area contributed by atoms with Crippen LogP contribution in [0.3, 0.4) is 0 Å². The number of carbonyl (C=O) groups excluding carboxylic acids is 2. The van der Waals surface area contributed by atoms with E-state index >= 15 is 0 Å². The molecule has 0 saturated carbocycles. The molecule has 0 aliphatic rings. The first-order valence-electron chi connectivity index (χ1n) is 12.4. The van der Waals surface area contributed by atoms with E-state index in [4.69, 9.17) is 11.6 Å². The molecule has 0 bridgehead atoms. The lowest BCUT2D eigenvalue weighted by Crippen LogP contribution is -2.41. The van der Waals surface area contributed by atoms with Gasteiger partial charge in [-0.25, -0.2) is 14.3 Å². The second kappa shape index (κ2) is 11.6. The summed E-state index contributed by atoms with van der Waals surface area (Å²) in [4.78, 5) is 30.6. The van der Waals surface area contributed by atoms with Crippen molar-refractivity contribution in [1.29, 1.82) is 5.26 Å². The number of tetrazole rings is 1. The molecule has 0 fully saturated rings. The second-order valence-corrected chi connectivity index (χ2v) is 10.7. The van der Waals surface area contributed by atoms with Gasteiger partial charge in [0.2, 0.25) is 5.91 Å². The Bertz CT molecular complexity index is 1700. The Labute approximate surface area is 242 Å². The van der Waals surface area contributed by atoms with E-state index in [0.29, 0.717) is 10.2 Å². The number of nitrogens with one attached hydrogen (secondary N) is 2. The van der Waals surface area contributed by atoms with Crippen molar-refractivity contribution in [3.8, 4) is 11.9 Å². The molecule has 2 amide bonds. The van der Waals surface area contributed by atoms with Crippen molar-refractivity contribution in [2.45, 2.75) is 52.4 Å². The third-order valence-electron chi connectivity index (χ3n) is 5.67. The van der Waals surface area contributed by atoms with E-state index in [1.807, 2.05) is 6.07 Å². The summed E-state index contributed by atoms with van der Waals surface area (Å²) in [7, 11) is 0. The Morgan fingerprint density at radius 3 is 2.55 bits per heavy atom. The number of hydrogen-bond acceptors (Lipinski definition) is 8. The summed E-state index contributed by atoms with van der Waals surface area (Å²) in [6, 6.07) is 9.44. The Kier molecular flexibility index (Phi) is 8.30. The number of pyridine rings is 1. The Balaban J connectivity index is 1.69. The number of carbonyl (C=O) groups is 2. The summed E-state index contributed by atoms with van der Waals surface area (Å²) in [6.07, 6.45) is -3.69. The molecule has 16 heteroatoms. The number of anilines is 1. The Morgan fingerprint density at radius 1 is 1.17 bits per heavy atom. The van der Waals surface area contributed by atoms with Crippen LogP contribution in [0.2, 0.25) is 5.02 Å². The molecule has 0 spiro atoms. The minimum atomic E-state index is -4.80. The van der Waals surface area contributed by atoms with Gasteiger partial charge in [-0.05, 0) is 74.0 Å². The van der Waals surface area contributed by atoms with Crippen molar-refractivity contribution in [3.05, 3.63) is 75.5 Å². The van der Waals surface area contributed by atoms with Gasteiger partial charge in [-0.1, -0.05) is 11.6 Å². The van der Waals surface area contributed by atoms with Crippen molar-refractivity contribution in [2.24, 2.45) is 0 Å². The molecule has 1 aromatic carbocycles. The van der Waals surface area contributed by atoms with Crippen molar-refractivity contribution < 1.29 is 22.8 Å². The highest BCUT2D eigenvalue weighted by Gasteiger charge is 2.38. The molecule has 3 heterocycles. The average molecular weight is 601 g/mol. The molecule has 12 nitrogen and oxygen atoms in total. The Hall–Kier alpha value is -4.84. The molecule has 0 saturated heterocycles. The fraction of sp³-hybridized carbons (Fsp3) is 0.308. The highest BCUT2D eigenvalue weighted by Crippen LogP contribution is 2.28. The quantitative estimate of drug-likeness (QED) is 0.324. The molecule has 0 unspecified atom stereocenters. The van der Waals surface area contributed by atoms with Crippen molar-refractivity contribution >= 4 is 29.1 Å². The topological polar surface area (TPSA) is 156 Å². The first-order valence-corrected chi connectivity index (χ1v) is 12.7. The summed E-state index contributed by atoms with van der Waals surface area (Å²) in [5, 5.41) is 29.0. The number of aryl methyl sites for hydroxylation is 1.